The number of benzene rings is 1. The minimum Gasteiger partial charge on any atom is -0.486 e. The summed E-state index contributed by atoms with van der Waals surface area (Å²) in [5, 5.41) is 9.42. The second kappa shape index (κ2) is 13.0. The largest absolute Gasteiger partial charge is 0.486 e. The van der Waals surface area contributed by atoms with Crippen LogP contribution >= 0.6 is 0 Å². The summed E-state index contributed by atoms with van der Waals surface area (Å²) in [5.74, 6) is 0.244. The van der Waals surface area contributed by atoms with E-state index in [1.54, 1.807) is 11.0 Å². The van der Waals surface area contributed by atoms with Crippen molar-refractivity contribution >= 4 is 11.8 Å². The number of rotatable bonds is 9. The summed E-state index contributed by atoms with van der Waals surface area (Å²) < 4.78 is 6.10. The molecule has 0 bridgehead atoms. The lowest BCUT2D eigenvalue weighted by molar-refractivity contribution is -0.135. The molecule has 0 heterocycles. The van der Waals surface area contributed by atoms with E-state index in [-0.39, 0.29) is 31.2 Å². The molecule has 29 heavy (non-hydrogen) atoms. The Morgan fingerprint density at radius 2 is 1.97 bits per heavy atom. The number of aryl methyl sites for hydroxylation is 1. The van der Waals surface area contributed by atoms with E-state index < -0.39 is 5.91 Å². The van der Waals surface area contributed by atoms with Gasteiger partial charge in [-0.3, -0.25) is 9.59 Å². The highest BCUT2D eigenvalue weighted by Crippen LogP contribution is 2.28. The third-order valence-electron chi connectivity index (χ3n) is 4.88. The van der Waals surface area contributed by atoms with Gasteiger partial charge in [0.2, 0.25) is 11.8 Å². The van der Waals surface area contributed by atoms with E-state index in [2.05, 4.69) is 0 Å². The molecule has 6 nitrogen and oxygen atoms in total. The number of aliphatic hydroxyl groups excluding tert-OH is 1. The number of amides is 2. The third-order valence-corrected chi connectivity index (χ3v) is 4.88. The number of hydrogen-bond acceptors (Lipinski definition) is 4. The molecule has 0 aliphatic heterocycles. The highest BCUT2D eigenvalue weighted by molar-refractivity contribution is 5.92. The van der Waals surface area contributed by atoms with Crippen LogP contribution in [0.4, 0.5) is 0 Å². The standard InChI is InChI=1S/C21H30N2O4.C2H6/c1-3-4-9-20(25)23(10-11-24)17-12-16(21(22)26)13-18(14-17)27-19-8-6-5-7-15(19)2;1-2/h5-8,13,17-18,24H,3-4,9-12,14H2,1-2H3,(H2,22,26);1-2H3. The summed E-state index contributed by atoms with van der Waals surface area (Å²) in [5.41, 5.74) is 7.00. The first-order valence-corrected chi connectivity index (χ1v) is 10.6. The molecule has 0 saturated carbocycles. The minimum absolute atomic E-state index is 0.00346. The molecule has 2 unspecified atom stereocenters. The summed E-state index contributed by atoms with van der Waals surface area (Å²) >= 11 is 0. The summed E-state index contributed by atoms with van der Waals surface area (Å²) in [7, 11) is 0. The Labute approximate surface area is 174 Å². The fourth-order valence-electron chi connectivity index (χ4n) is 3.41. The molecular formula is C23H36N2O4. The molecule has 6 heteroatoms. The fraction of sp³-hybridized carbons (Fsp3) is 0.565. The zero-order chi connectivity index (χ0) is 21.8. The van der Waals surface area contributed by atoms with Crippen molar-refractivity contribution in [2.75, 3.05) is 13.2 Å². The molecule has 1 aliphatic carbocycles. The van der Waals surface area contributed by atoms with Crippen LogP contribution in [0, 0.1) is 6.92 Å². The van der Waals surface area contributed by atoms with E-state index in [0.717, 1.165) is 24.2 Å². The van der Waals surface area contributed by atoms with Crippen molar-refractivity contribution in [2.24, 2.45) is 5.73 Å². The lowest BCUT2D eigenvalue weighted by atomic mass is 9.90. The van der Waals surface area contributed by atoms with Gasteiger partial charge in [0, 0.05) is 31.0 Å². The van der Waals surface area contributed by atoms with Gasteiger partial charge in [-0.1, -0.05) is 45.4 Å². The molecule has 0 saturated heterocycles. The normalized spacial score (nSPS) is 18.2. The second-order valence-corrected chi connectivity index (χ2v) is 6.99. The van der Waals surface area contributed by atoms with E-state index in [1.165, 1.54) is 0 Å². The number of nitrogens with zero attached hydrogens (tertiary/aromatic N) is 1. The molecule has 2 amide bonds. The predicted molar refractivity (Wildman–Crippen MR) is 116 cm³/mol. The van der Waals surface area contributed by atoms with Gasteiger partial charge in [-0.05, 0) is 37.5 Å². The zero-order valence-electron chi connectivity index (χ0n) is 18.2. The van der Waals surface area contributed by atoms with Crippen LogP contribution in [0.5, 0.6) is 5.75 Å². The molecule has 2 rings (SSSR count). The molecule has 1 aromatic carbocycles. The number of aliphatic hydroxyl groups is 1. The Kier molecular flexibility index (Phi) is 11.1. The first-order valence-electron chi connectivity index (χ1n) is 10.6. The average molecular weight is 405 g/mol. The van der Waals surface area contributed by atoms with Gasteiger partial charge in [0.05, 0.1) is 6.61 Å². The monoisotopic (exact) mass is 404 g/mol. The number of carbonyl (C=O) groups is 2. The fourth-order valence-corrected chi connectivity index (χ4v) is 3.41. The summed E-state index contributed by atoms with van der Waals surface area (Å²) in [6, 6.07) is 7.46. The van der Waals surface area contributed by atoms with Gasteiger partial charge in [-0.2, -0.15) is 0 Å². The van der Waals surface area contributed by atoms with Crippen LogP contribution in [0.25, 0.3) is 0 Å². The van der Waals surface area contributed by atoms with Crippen molar-refractivity contribution < 1.29 is 19.4 Å². The first-order chi connectivity index (χ1) is 14.0. The molecule has 1 aliphatic rings. The van der Waals surface area contributed by atoms with Crippen LogP contribution in [0.2, 0.25) is 0 Å². The van der Waals surface area contributed by atoms with E-state index in [0.29, 0.717) is 24.8 Å². The van der Waals surface area contributed by atoms with Crippen LogP contribution in [-0.4, -0.2) is 47.1 Å². The lowest BCUT2D eigenvalue weighted by Crippen LogP contribution is -2.46. The Morgan fingerprint density at radius 3 is 2.55 bits per heavy atom. The Morgan fingerprint density at radius 1 is 1.28 bits per heavy atom. The summed E-state index contributed by atoms with van der Waals surface area (Å²) in [4.78, 5) is 26.1. The molecule has 1 aromatic rings. The Hall–Kier alpha value is -2.34. The van der Waals surface area contributed by atoms with Crippen molar-refractivity contribution in [2.45, 2.75) is 71.9 Å². The summed E-state index contributed by atoms with van der Waals surface area (Å²) in [6.45, 7) is 8.12. The van der Waals surface area contributed by atoms with Gasteiger partial charge in [-0.15, -0.1) is 0 Å². The molecule has 0 fully saturated rings. The van der Waals surface area contributed by atoms with E-state index >= 15 is 0 Å². The van der Waals surface area contributed by atoms with Gasteiger partial charge in [-0.25, -0.2) is 0 Å². The van der Waals surface area contributed by atoms with Crippen molar-refractivity contribution in [1.82, 2.24) is 4.90 Å². The summed E-state index contributed by atoms with van der Waals surface area (Å²) in [6.07, 6.45) is 4.52. The number of primary amides is 1. The maximum absolute atomic E-state index is 12.6. The zero-order valence-corrected chi connectivity index (χ0v) is 18.2. The topological polar surface area (TPSA) is 92.9 Å². The quantitative estimate of drug-likeness (QED) is 0.660. The molecule has 3 N–H and O–H groups in total. The third kappa shape index (κ3) is 7.54. The van der Waals surface area contributed by atoms with Gasteiger partial charge in [0.1, 0.15) is 11.9 Å². The molecule has 0 aromatic heterocycles. The number of para-hydroxylation sites is 1. The molecule has 0 radical (unpaired) electrons. The van der Waals surface area contributed by atoms with Gasteiger partial charge in [0.15, 0.2) is 0 Å². The van der Waals surface area contributed by atoms with E-state index in [1.807, 2.05) is 52.0 Å². The lowest BCUT2D eigenvalue weighted by Gasteiger charge is -2.36. The highest BCUT2D eigenvalue weighted by atomic mass is 16.5. The van der Waals surface area contributed by atoms with Crippen LogP contribution < -0.4 is 10.5 Å². The van der Waals surface area contributed by atoms with Gasteiger partial charge < -0.3 is 20.5 Å². The Bertz CT molecular complexity index is 687. The molecule has 162 valence electrons. The highest BCUT2D eigenvalue weighted by Gasteiger charge is 2.32. The maximum Gasteiger partial charge on any atom is 0.244 e. The Balaban J connectivity index is 0.00000204. The minimum atomic E-state index is -0.497. The van der Waals surface area contributed by atoms with Crippen LogP contribution in [0.1, 0.15) is 58.4 Å². The van der Waals surface area contributed by atoms with Crippen LogP contribution in [-0.2, 0) is 9.59 Å². The number of hydrogen-bond donors (Lipinski definition) is 2. The molecule has 2 atom stereocenters. The number of unbranched alkanes of at least 4 members (excludes halogenated alkanes) is 1. The molecule has 0 spiro atoms. The van der Waals surface area contributed by atoms with Gasteiger partial charge >= 0.3 is 0 Å². The smallest absolute Gasteiger partial charge is 0.244 e. The van der Waals surface area contributed by atoms with Gasteiger partial charge in [0.25, 0.3) is 0 Å². The number of nitrogens with two attached hydrogens (primary N) is 1. The van der Waals surface area contributed by atoms with Crippen molar-refractivity contribution in [1.29, 1.82) is 0 Å². The first kappa shape index (κ1) is 24.7. The van der Waals surface area contributed by atoms with Crippen LogP contribution in [0.15, 0.2) is 35.9 Å². The van der Waals surface area contributed by atoms with Crippen molar-refractivity contribution in [3.05, 3.63) is 41.5 Å². The van der Waals surface area contributed by atoms with Crippen LogP contribution in [0.3, 0.4) is 0 Å². The average Bonchev–Trinajstić information content (AvgIpc) is 2.73. The molecular weight excluding hydrogens is 368 g/mol. The predicted octanol–water partition coefficient (Wildman–Crippen LogP) is 3.35. The maximum atomic E-state index is 12.6. The van der Waals surface area contributed by atoms with E-state index in [4.69, 9.17) is 10.5 Å². The number of ether oxygens (including phenoxy) is 1. The second-order valence-electron chi connectivity index (χ2n) is 6.99. The van der Waals surface area contributed by atoms with E-state index in [9.17, 15) is 14.7 Å². The van der Waals surface area contributed by atoms with Crippen molar-refractivity contribution in [3.8, 4) is 5.75 Å². The SMILES string of the molecule is CC.CCCCC(=O)N(CCO)C1CC(C(N)=O)=CC(Oc2ccccc2C)C1. The number of carbonyl (C=O) groups excluding carboxylic acids is 2. The van der Waals surface area contributed by atoms with Crippen molar-refractivity contribution in [3.63, 3.8) is 0 Å².